The zero-order valence-electron chi connectivity index (χ0n) is 18.9. The molecule has 4 rings (SSSR count). The van der Waals surface area contributed by atoms with Crippen molar-refractivity contribution in [3.8, 4) is 11.3 Å². The summed E-state index contributed by atoms with van der Waals surface area (Å²) in [7, 11) is -3.65. The van der Waals surface area contributed by atoms with E-state index in [1.807, 2.05) is 0 Å². The fourth-order valence-electron chi connectivity index (χ4n) is 3.88. The average Bonchev–Trinajstić information content (AvgIpc) is 3.00. The van der Waals surface area contributed by atoms with E-state index in [1.54, 1.807) is 49.6 Å². The molecule has 0 spiro atoms. The second-order valence-corrected chi connectivity index (χ2v) is 11.9. The lowest BCUT2D eigenvalue weighted by Crippen LogP contribution is -2.33. The first-order chi connectivity index (χ1) is 15.7. The zero-order chi connectivity index (χ0) is 25.1. The molecule has 1 fully saturated rings. The number of nitrogens with zero attached hydrogens (tertiary/aromatic N) is 2. The SMILES string of the molecule is CC(C)(C)S(=O)(=O)Nc1ccc(-c2c(C(N)=O)c3cc(C(F)(F)F)cnc3n2C2CCC2)cc1. The number of amides is 1. The Hall–Kier alpha value is -3.08. The van der Waals surface area contributed by atoms with Crippen molar-refractivity contribution in [2.75, 3.05) is 4.72 Å². The normalized spacial score (nSPS) is 15.4. The van der Waals surface area contributed by atoms with Crippen molar-refractivity contribution >= 4 is 32.7 Å². The molecule has 0 radical (unpaired) electrons. The molecule has 1 aromatic carbocycles. The van der Waals surface area contributed by atoms with Gasteiger partial charge in [0, 0.05) is 23.3 Å². The molecule has 2 heterocycles. The third-order valence-electron chi connectivity index (χ3n) is 6.07. The van der Waals surface area contributed by atoms with Crippen molar-refractivity contribution < 1.29 is 26.4 Å². The number of aromatic nitrogens is 2. The molecule has 7 nitrogen and oxygen atoms in total. The van der Waals surface area contributed by atoms with E-state index in [0.717, 1.165) is 31.5 Å². The van der Waals surface area contributed by atoms with Gasteiger partial charge in [-0.15, -0.1) is 0 Å². The van der Waals surface area contributed by atoms with Gasteiger partial charge in [-0.3, -0.25) is 9.52 Å². The highest BCUT2D eigenvalue weighted by Gasteiger charge is 2.35. The fraction of sp³-hybridized carbons (Fsp3) is 0.391. The van der Waals surface area contributed by atoms with Gasteiger partial charge in [-0.05, 0) is 63.8 Å². The van der Waals surface area contributed by atoms with Crippen LogP contribution in [0.15, 0.2) is 36.5 Å². The summed E-state index contributed by atoms with van der Waals surface area (Å²) in [6.07, 6.45) is -1.33. The minimum atomic E-state index is -4.62. The predicted molar refractivity (Wildman–Crippen MR) is 124 cm³/mol. The second-order valence-electron chi connectivity index (χ2n) is 9.43. The van der Waals surface area contributed by atoms with Gasteiger partial charge in [-0.2, -0.15) is 13.2 Å². The molecule has 0 aliphatic heterocycles. The summed E-state index contributed by atoms with van der Waals surface area (Å²) in [4.78, 5) is 16.6. The molecule has 34 heavy (non-hydrogen) atoms. The summed E-state index contributed by atoms with van der Waals surface area (Å²) in [6.45, 7) is 4.71. The lowest BCUT2D eigenvalue weighted by molar-refractivity contribution is -0.137. The molecule has 11 heteroatoms. The van der Waals surface area contributed by atoms with Crippen LogP contribution in [-0.2, 0) is 16.2 Å². The number of nitrogens with one attached hydrogen (secondary N) is 1. The third-order valence-corrected chi connectivity index (χ3v) is 8.19. The number of carbonyl (C=O) groups excluding carboxylic acids is 1. The molecule has 1 saturated carbocycles. The highest BCUT2D eigenvalue weighted by atomic mass is 32.2. The molecule has 0 bridgehead atoms. The van der Waals surface area contributed by atoms with Crippen molar-refractivity contribution in [2.24, 2.45) is 5.73 Å². The maximum Gasteiger partial charge on any atom is 0.417 e. The van der Waals surface area contributed by atoms with Crippen molar-refractivity contribution in [3.05, 3.63) is 47.7 Å². The van der Waals surface area contributed by atoms with Crippen LogP contribution in [-0.4, -0.2) is 28.6 Å². The first kappa shape index (κ1) is 24.1. The molecular formula is C23H25F3N4O3S. The van der Waals surface area contributed by atoms with Crippen LogP contribution in [0.5, 0.6) is 0 Å². The fourth-order valence-corrected chi connectivity index (χ4v) is 4.63. The van der Waals surface area contributed by atoms with E-state index >= 15 is 0 Å². The van der Waals surface area contributed by atoms with Gasteiger partial charge in [0.2, 0.25) is 10.0 Å². The minimum Gasteiger partial charge on any atom is -0.366 e. The van der Waals surface area contributed by atoms with E-state index in [0.29, 0.717) is 16.9 Å². The molecular weight excluding hydrogens is 469 g/mol. The first-order valence-corrected chi connectivity index (χ1v) is 12.2. The third kappa shape index (κ3) is 4.13. The van der Waals surface area contributed by atoms with Crippen LogP contribution in [0, 0.1) is 0 Å². The Bertz CT molecular complexity index is 1370. The Balaban J connectivity index is 1.89. The molecule has 1 aliphatic rings. The van der Waals surface area contributed by atoms with E-state index in [9.17, 15) is 26.4 Å². The number of hydrogen-bond donors (Lipinski definition) is 2. The highest BCUT2D eigenvalue weighted by molar-refractivity contribution is 7.94. The number of anilines is 1. The number of pyridine rings is 1. The number of hydrogen-bond acceptors (Lipinski definition) is 4. The topological polar surface area (TPSA) is 107 Å². The van der Waals surface area contributed by atoms with Gasteiger partial charge in [-0.25, -0.2) is 13.4 Å². The molecule has 2 aromatic heterocycles. The van der Waals surface area contributed by atoms with E-state index < -0.39 is 32.4 Å². The Kier molecular flexibility index (Phi) is 5.66. The average molecular weight is 495 g/mol. The van der Waals surface area contributed by atoms with Crippen LogP contribution < -0.4 is 10.5 Å². The Morgan fingerprint density at radius 2 is 1.76 bits per heavy atom. The van der Waals surface area contributed by atoms with Crippen molar-refractivity contribution in [2.45, 2.75) is 57.0 Å². The smallest absolute Gasteiger partial charge is 0.366 e. The summed E-state index contributed by atoms with van der Waals surface area (Å²) in [5.41, 5.74) is 6.14. The highest BCUT2D eigenvalue weighted by Crippen LogP contribution is 2.43. The Labute approximate surface area is 195 Å². The predicted octanol–water partition coefficient (Wildman–Crippen LogP) is 5.09. The van der Waals surface area contributed by atoms with Gasteiger partial charge in [-0.1, -0.05) is 12.1 Å². The van der Waals surface area contributed by atoms with Crippen LogP contribution in [0.3, 0.4) is 0 Å². The molecule has 0 unspecified atom stereocenters. The number of halogens is 3. The number of sulfonamides is 1. The van der Waals surface area contributed by atoms with Crippen LogP contribution in [0.1, 0.15) is 62.0 Å². The van der Waals surface area contributed by atoms with Crippen LogP contribution in [0.4, 0.5) is 18.9 Å². The monoisotopic (exact) mass is 494 g/mol. The van der Waals surface area contributed by atoms with Gasteiger partial charge in [0.15, 0.2) is 0 Å². The van der Waals surface area contributed by atoms with Crippen LogP contribution in [0.25, 0.3) is 22.3 Å². The number of alkyl halides is 3. The molecule has 1 aliphatic carbocycles. The number of primary amides is 1. The lowest BCUT2D eigenvalue weighted by Gasteiger charge is -2.30. The maximum atomic E-state index is 13.4. The molecule has 0 atom stereocenters. The largest absolute Gasteiger partial charge is 0.417 e. The van der Waals surface area contributed by atoms with E-state index in [1.165, 1.54) is 0 Å². The van der Waals surface area contributed by atoms with Crippen molar-refractivity contribution in [3.63, 3.8) is 0 Å². The van der Waals surface area contributed by atoms with Gasteiger partial charge < -0.3 is 10.3 Å². The standard InChI is InChI=1S/C23H25F3N4O3S/c1-22(2,3)34(32,33)29-15-9-7-13(8-10-15)19-18(20(27)31)17-11-14(23(24,25)26)12-28-21(17)30(19)16-5-4-6-16/h7-12,16,29H,4-6H2,1-3H3,(H2,27,31). The quantitative estimate of drug-likeness (QED) is 0.515. The van der Waals surface area contributed by atoms with Crippen LogP contribution >= 0.6 is 0 Å². The van der Waals surface area contributed by atoms with E-state index in [-0.39, 0.29) is 22.6 Å². The van der Waals surface area contributed by atoms with Crippen molar-refractivity contribution in [1.29, 1.82) is 0 Å². The number of nitrogens with two attached hydrogens (primary N) is 1. The summed E-state index contributed by atoms with van der Waals surface area (Å²) >= 11 is 0. The summed E-state index contributed by atoms with van der Waals surface area (Å²) in [6, 6.07) is 7.19. The molecule has 1 amide bonds. The van der Waals surface area contributed by atoms with Gasteiger partial charge in [0.1, 0.15) is 5.65 Å². The number of fused-ring (bicyclic) bond motifs is 1. The van der Waals surface area contributed by atoms with Crippen LogP contribution in [0.2, 0.25) is 0 Å². The lowest BCUT2D eigenvalue weighted by atomic mass is 9.92. The molecule has 3 N–H and O–H groups in total. The number of carbonyl (C=O) groups is 1. The van der Waals surface area contributed by atoms with Gasteiger partial charge >= 0.3 is 6.18 Å². The minimum absolute atomic E-state index is 0.0334. The molecule has 0 saturated heterocycles. The summed E-state index contributed by atoms with van der Waals surface area (Å²) < 4.78 is 68.3. The Morgan fingerprint density at radius 1 is 1.15 bits per heavy atom. The van der Waals surface area contributed by atoms with Gasteiger partial charge in [0.05, 0.1) is 21.6 Å². The summed E-state index contributed by atoms with van der Waals surface area (Å²) in [5.74, 6) is -0.864. The Morgan fingerprint density at radius 3 is 2.24 bits per heavy atom. The number of benzene rings is 1. The van der Waals surface area contributed by atoms with Gasteiger partial charge in [0.25, 0.3) is 5.91 Å². The maximum absolute atomic E-state index is 13.4. The zero-order valence-corrected chi connectivity index (χ0v) is 19.7. The van der Waals surface area contributed by atoms with Crippen molar-refractivity contribution in [1.82, 2.24) is 9.55 Å². The summed E-state index contributed by atoms with van der Waals surface area (Å²) in [5, 5.41) is 0.0433. The molecule has 182 valence electrons. The van der Waals surface area contributed by atoms with E-state index in [4.69, 9.17) is 5.73 Å². The first-order valence-electron chi connectivity index (χ1n) is 10.7. The number of rotatable bonds is 5. The molecule has 3 aromatic rings. The van der Waals surface area contributed by atoms with E-state index in [2.05, 4.69) is 9.71 Å². The second kappa shape index (κ2) is 8.00.